The molecule has 1 spiro atoms. The zero-order valence-electron chi connectivity index (χ0n) is 44.5. The molecule has 0 saturated heterocycles. The molecule has 0 fully saturated rings. The minimum absolute atomic E-state index is 0.145. The fourth-order valence-electron chi connectivity index (χ4n) is 13.9. The lowest BCUT2D eigenvalue weighted by atomic mass is 9.64. The monoisotopic (exact) mass is 1090 g/mol. The maximum atomic E-state index is 15.9. The lowest BCUT2D eigenvalue weighted by Gasteiger charge is -2.45. The molecule has 0 atom stereocenters. The minimum atomic E-state index is -1.10. The molecular weight excluding hydrogens is 1050 g/mol. The van der Waals surface area contributed by atoms with Crippen molar-refractivity contribution in [2.75, 3.05) is 14.7 Å². The Balaban J connectivity index is 1.05. The third-order valence-corrected chi connectivity index (χ3v) is 17.3. The van der Waals surface area contributed by atoms with Crippen LogP contribution in [0.25, 0.3) is 76.5 Å². The molecule has 13 aromatic carbocycles. The molecule has 3 heterocycles. The van der Waals surface area contributed by atoms with Gasteiger partial charge in [0.25, 0.3) is 0 Å². The van der Waals surface area contributed by atoms with Gasteiger partial charge in [0.1, 0.15) is 11.6 Å². The molecule has 84 heavy (non-hydrogen) atoms. The first kappa shape index (κ1) is 47.9. The van der Waals surface area contributed by atoms with E-state index in [-0.39, 0.29) is 11.2 Å². The number of nitrogens with zero attached hydrogens (tertiary/aromatic N) is 3. The summed E-state index contributed by atoms with van der Waals surface area (Å²) in [6.45, 7) is 0. The highest BCUT2D eigenvalue weighted by Crippen LogP contribution is 2.67. The van der Waals surface area contributed by atoms with Crippen molar-refractivity contribution >= 4 is 117 Å². The number of fused-ring (bicyclic) bond motifs is 19. The minimum Gasteiger partial charge on any atom is -0.451 e. The molecule has 0 saturated carbocycles. The molecule has 0 unspecified atom stereocenters. The average molecular weight is 1090 g/mol. The highest BCUT2D eigenvalue weighted by Gasteiger charge is 2.54. The zero-order chi connectivity index (χ0) is 55.9. The Morgan fingerprint density at radius 1 is 0.298 bits per heavy atom. The molecule has 0 N–H and O–H groups in total. The lowest BCUT2D eigenvalue weighted by Crippen LogP contribution is -2.36. The molecule has 0 amide bonds. The van der Waals surface area contributed by atoms with Crippen LogP contribution in [-0.2, 0) is 5.41 Å². The maximum Gasteiger partial charge on any atom is 0.171 e. The van der Waals surface area contributed by atoms with Crippen LogP contribution < -0.4 is 14.7 Å². The summed E-state index contributed by atoms with van der Waals surface area (Å²) in [5, 5.41) is 6.45. The molecule has 0 radical (unpaired) electrons. The van der Waals surface area contributed by atoms with Gasteiger partial charge < -0.3 is 23.5 Å². The first-order valence-corrected chi connectivity index (χ1v) is 27.8. The summed E-state index contributed by atoms with van der Waals surface area (Å²) in [6.07, 6.45) is 0. The van der Waals surface area contributed by atoms with Crippen molar-refractivity contribution in [1.29, 1.82) is 0 Å². The van der Waals surface area contributed by atoms with Crippen LogP contribution in [0.4, 0.5) is 68.7 Å². The number of hydrogen-bond acceptors (Lipinski definition) is 5. The fourth-order valence-corrected chi connectivity index (χ4v) is 13.9. The van der Waals surface area contributed by atoms with Crippen molar-refractivity contribution in [3.63, 3.8) is 0 Å². The van der Waals surface area contributed by atoms with Gasteiger partial charge in [-0.25, -0.2) is 17.6 Å². The van der Waals surface area contributed by atoms with Gasteiger partial charge in [-0.15, -0.1) is 0 Å². The van der Waals surface area contributed by atoms with Crippen LogP contribution in [0.1, 0.15) is 22.3 Å². The highest BCUT2D eigenvalue weighted by molar-refractivity contribution is 6.21. The van der Waals surface area contributed by atoms with Crippen molar-refractivity contribution < 1.29 is 26.4 Å². The molecule has 1 aliphatic heterocycles. The van der Waals surface area contributed by atoms with Crippen LogP contribution in [0.3, 0.4) is 0 Å². The Bertz CT molecular complexity index is 4920. The van der Waals surface area contributed by atoms with Crippen LogP contribution in [0.5, 0.6) is 0 Å². The molecule has 2 aliphatic rings. The molecular formula is C75H43F4N3O2. The van der Waals surface area contributed by atoms with E-state index in [1.807, 2.05) is 66.7 Å². The molecule has 0 bridgehead atoms. The Morgan fingerprint density at radius 2 is 0.667 bits per heavy atom. The van der Waals surface area contributed by atoms with Gasteiger partial charge in [0, 0.05) is 49.4 Å². The van der Waals surface area contributed by atoms with Gasteiger partial charge in [0.2, 0.25) is 0 Å². The number of para-hydroxylation sites is 7. The van der Waals surface area contributed by atoms with Gasteiger partial charge in [-0.1, -0.05) is 152 Å². The largest absolute Gasteiger partial charge is 0.451 e. The van der Waals surface area contributed by atoms with E-state index in [0.29, 0.717) is 44.7 Å². The van der Waals surface area contributed by atoms with E-state index in [9.17, 15) is 0 Å². The van der Waals surface area contributed by atoms with Gasteiger partial charge in [-0.05, 0) is 153 Å². The van der Waals surface area contributed by atoms with E-state index in [2.05, 4.69) is 136 Å². The Hall–Kier alpha value is -10.9. The fraction of sp³-hybridized carbons (Fsp3) is 0.0133. The molecule has 1 aliphatic carbocycles. The highest BCUT2D eigenvalue weighted by atomic mass is 19.1. The van der Waals surface area contributed by atoms with Crippen molar-refractivity contribution in [1.82, 2.24) is 0 Å². The first-order chi connectivity index (χ1) is 41.3. The van der Waals surface area contributed by atoms with Gasteiger partial charge in [0.05, 0.1) is 39.5 Å². The first-order valence-electron chi connectivity index (χ1n) is 27.8. The SMILES string of the molecule is Fc1ccc(N(c2cc3c(c4ccccc24)-c2c(cc(N(c4ccc(F)cc4)c4cccc5c4oc4c(F)cccc45)c4ccccc24)C32c3ccccc3N(c3ccccc3)c3ccccc32)c2cccc3c2oc2c(F)cccc23)cc1. The van der Waals surface area contributed by atoms with Gasteiger partial charge >= 0.3 is 0 Å². The topological polar surface area (TPSA) is 36.0 Å². The maximum absolute atomic E-state index is 15.9. The molecule has 5 nitrogen and oxygen atoms in total. The third kappa shape index (κ3) is 6.66. The number of anilines is 9. The molecule has 398 valence electrons. The lowest BCUT2D eigenvalue weighted by molar-refractivity contribution is 0.584. The number of rotatable bonds is 7. The van der Waals surface area contributed by atoms with Crippen LogP contribution in [-0.4, -0.2) is 0 Å². The van der Waals surface area contributed by atoms with E-state index >= 15 is 17.6 Å². The van der Waals surface area contributed by atoms with E-state index in [1.165, 1.54) is 36.4 Å². The van der Waals surface area contributed by atoms with Crippen LogP contribution in [0.2, 0.25) is 0 Å². The second kappa shape index (κ2) is 18.1. The Kier molecular flexibility index (Phi) is 10.3. The van der Waals surface area contributed by atoms with E-state index in [4.69, 9.17) is 8.83 Å². The van der Waals surface area contributed by atoms with Gasteiger partial charge in [0.15, 0.2) is 34.0 Å². The van der Waals surface area contributed by atoms with Crippen LogP contribution in [0, 0.1) is 23.3 Å². The number of halogens is 4. The second-order valence-electron chi connectivity index (χ2n) is 21.6. The number of furan rings is 2. The zero-order valence-corrected chi connectivity index (χ0v) is 44.5. The quantitative estimate of drug-likeness (QED) is 0.149. The summed E-state index contributed by atoms with van der Waals surface area (Å²) < 4.78 is 75.6. The normalized spacial score (nSPS) is 13.1. The summed E-state index contributed by atoms with van der Waals surface area (Å²) in [7, 11) is 0. The Labute approximate surface area is 478 Å². The third-order valence-electron chi connectivity index (χ3n) is 17.3. The van der Waals surface area contributed by atoms with Crippen molar-refractivity contribution in [2.45, 2.75) is 5.41 Å². The summed E-state index contributed by atoms with van der Waals surface area (Å²) in [5.41, 5.74) is 13.2. The van der Waals surface area contributed by atoms with Gasteiger partial charge in [-0.2, -0.15) is 0 Å². The van der Waals surface area contributed by atoms with E-state index in [0.717, 1.165) is 94.1 Å². The van der Waals surface area contributed by atoms with E-state index < -0.39 is 28.7 Å². The van der Waals surface area contributed by atoms with Gasteiger partial charge in [-0.3, -0.25) is 0 Å². The van der Waals surface area contributed by atoms with Crippen LogP contribution >= 0.6 is 0 Å². The second-order valence-corrected chi connectivity index (χ2v) is 21.6. The van der Waals surface area contributed by atoms with E-state index in [1.54, 1.807) is 36.4 Å². The Morgan fingerprint density at radius 3 is 1.12 bits per heavy atom. The van der Waals surface area contributed by atoms with Crippen molar-refractivity contribution in [3.8, 4) is 11.1 Å². The predicted molar refractivity (Wildman–Crippen MR) is 331 cm³/mol. The summed E-state index contributed by atoms with van der Waals surface area (Å²) in [4.78, 5) is 6.58. The molecule has 15 aromatic rings. The standard InChI is InChI=1S/C75H43F4N3O2/c76-44-34-38-47(39-35-44)81(65-32-14-24-55-53-22-12-28-61(78)71(53)83-73(55)65)67-42-59-69(51-20-6-4-18-49(51)67)70-52-21-7-5-19-50(52)68(82(48-40-36-45(77)37-41-48)66-33-15-25-56-54-23-13-29-62(79)72(54)84-74(56)66)43-60(70)75(59)57-26-8-10-30-63(57)80(46-16-2-1-3-17-46)64-31-11-9-27-58(64)75/h1-43H. The molecule has 9 heteroatoms. The number of benzene rings is 13. The molecule has 2 aromatic heterocycles. The number of hydrogen-bond donors (Lipinski definition) is 0. The van der Waals surface area contributed by atoms with Crippen LogP contribution in [0.15, 0.2) is 270 Å². The smallest absolute Gasteiger partial charge is 0.171 e. The summed E-state index contributed by atoms with van der Waals surface area (Å²) >= 11 is 0. The summed E-state index contributed by atoms with van der Waals surface area (Å²) in [6, 6.07) is 83.8. The average Bonchev–Trinajstić information content (AvgIpc) is 1.46. The van der Waals surface area contributed by atoms with Crippen molar-refractivity contribution in [2.24, 2.45) is 0 Å². The molecule has 17 rings (SSSR count). The van der Waals surface area contributed by atoms with Crippen molar-refractivity contribution in [3.05, 3.63) is 306 Å². The predicted octanol–water partition coefficient (Wildman–Crippen LogP) is 21.4. The summed E-state index contributed by atoms with van der Waals surface area (Å²) in [5.74, 6) is -1.74.